The number of fused-ring (bicyclic) bond motifs is 1. The Morgan fingerprint density at radius 3 is 2.55 bits per heavy atom. The van der Waals surface area contributed by atoms with Crippen LogP contribution < -0.4 is 20.2 Å². The lowest BCUT2D eigenvalue weighted by Gasteiger charge is -2.27. The number of nitriles is 1. The zero-order valence-corrected chi connectivity index (χ0v) is 17.9. The molecule has 0 radical (unpaired) electrons. The van der Waals surface area contributed by atoms with Crippen LogP contribution in [0.4, 0.5) is 0 Å². The third kappa shape index (κ3) is 4.86. The number of carbonyl (C=O) groups is 1. The second kappa shape index (κ2) is 8.92. The minimum absolute atomic E-state index is 0.0633. The summed E-state index contributed by atoms with van der Waals surface area (Å²) < 4.78 is 17.0. The SMILES string of the molecule is Cc1oc2cc(OCC(=O)N[C@](C)(C#N)C(C)C)ccc2c(=O)c1Oc1ccccc1. The van der Waals surface area contributed by atoms with E-state index in [0.717, 1.165) is 0 Å². The number of benzene rings is 2. The molecular formula is C24H24N2O5. The summed E-state index contributed by atoms with van der Waals surface area (Å²) in [6.07, 6.45) is 0. The lowest BCUT2D eigenvalue weighted by Crippen LogP contribution is -2.50. The number of para-hydroxylation sites is 1. The molecule has 1 amide bonds. The third-order valence-corrected chi connectivity index (χ3v) is 5.11. The molecule has 0 aliphatic heterocycles. The average Bonchev–Trinajstić information content (AvgIpc) is 2.75. The van der Waals surface area contributed by atoms with Crippen molar-refractivity contribution >= 4 is 16.9 Å². The predicted molar refractivity (Wildman–Crippen MR) is 116 cm³/mol. The maximum absolute atomic E-state index is 12.9. The first kappa shape index (κ1) is 21.9. The zero-order valence-electron chi connectivity index (χ0n) is 17.9. The molecule has 0 saturated heterocycles. The van der Waals surface area contributed by atoms with E-state index in [2.05, 4.69) is 11.4 Å². The number of aryl methyl sites for hydroxylation is 1. The van der Waals surface area contributed by atoms with Gasteiger partial charge in [-0.3, -0.25) is 9.59 Å². The molecule has 3 aromatic rings. The van der Waals surface area contributed by atoms with E-state index in [1.54, 1.807) is 44.2 Å². The molecule has 7 heteroatoms. The first-order valence-electron chi connectivity index (χ1n) is 9.89. The quantitative estimate of drug-likeness (QED) is 0.611. The van der Waals surface area contributed by atoms with Crippen molar-refractivity contribution in [2.45, 2.75) is 33.2 Å². The van der Waals surface area contributed by atoms with Gasteiger partial charge in [-0.15, -0.1) is 0 Å². The molecule has 1 aromatic heterocycles. The van der Waals surface area contributed by atoms with Crippen LogP contribution in [0.5, 0.6) is 17.2 Å². The van der Waals surface area contributed by atoms with Crippen molar-refractivity contribution in [3.8, 4) is 23.3 Å². The first-order valence-corrected chi connectivity index (χ1v) is 9.89. The molecule has 0 aliphatic carbocycles. The van der Waals surface area contributed by atoms with Crippen molar-refractivity contribution in [2.24, 2.45) is 5.92 Å². The molecule has 2 aromatic carbocycles. The van der Waals surface area contributed by atoms with Crippen LogP contribution >= 0.6 is 0 Å². The Bertz CT molecular complexity index is 1190. The number of nitrogens with zero attached hydrogens (tertiary/aromatic N) is 1. The Morgan fingerprint density at radius 1 is 1.19 bits per heavy atom. The van der Waals surface area contributed by atoms with E-state index in [1.807, 2.05) is 32.0 Å². The first-order chi connectivity index (χ1) is 14.7. The maximum Gasteiger partial charge on any atom is 0.259 e. The fraction of sp³-hybridized carbons (Fsp3) is 0.292. The van der Waals surface area contributed by atoms with Crippen molar-refractivity contribution in [1.82, 2.24) is 5.32 Å². The van der Waals surface area contributed by atoms with Gasteiger partial charge in [-0.2, -0.15) is 5.26 Å². The van der Waals surface area contributed by atoms with E-state index in [-0.39, 0.29) is 23.7 Å². The summed E-state index contributed by atoms with van der Waals surface area (Å²) in [5.74, 6) is 0.877. The van der Waals surface area contributed by atoms with Gasteiger partial charge < -0.3 is 19.2 Å². The van der Waals surface area contributed by atoms with E-state index in [1.165, 1.54) is 0 Å². The molecule has 3 rings (SSSR count). The Balaban J connectivity index is 1.78. The number of carbonyl (C=O) groups excluding carboxylic acids is 1. The highest BCUT2D eigenvalue weighted by Crippen LogP contribution is 2.27. The average molecular weight is 420 g/mol. The van der Waals surface area contributed by atoms with Crippen molar-refractivity contribution in [3.05, 3.63) is 64.5 Å². The van der Waals surface area contributed by atoms with E-state index < -0.39 is 11.4 Å². The number of ether oxygens (including phenoxy) is 2. The number of hydrogen-bond acceptors (Lipinski definition) is 6. The number of amides is 1. The van der Waals surface area contributed by atoms with Crippen LogP contribution in [0, 0.1) is 24.2 Å². The molecule has 0 unspecified atom stereocenters. The van der Waals surface area contributed by atoms with Gasteiger partial charge in [0.2, 0.25) is 11.2 Å². The molecule has 7 nitrogen and oxygen atoms in total. The zero-order chi connectivity index (χ0) is 22.6. The molecule has 160 valence electrons. The highest BCUT2D eigenvalue weighted by Gasteiger charge is 2.30. The Morgan fingerprint density at radius 2 is 1.90 bits per heavy atom. The van der Waals surface area contributed by atoms with Gasteiger partial charge in [-0.25, -0.2) is 0 Å². The molecule has 0 fully saturated rings. The van der Waals surface area contributed by atoms with Gasteiger partial charge in [0, 0.05) is 6.07 Å². The largest absolute Gasteiger partial charge is 0.484 e. The van der Waals surface area contributed by atoms with Gasteiger partial charge in [0.15, 0.2) is 6.61 Å². The summed E-state index contributed by atoms with van der Waals surface area (Å²) in [7, 11) is 0. The maximum atomic E-state index is 12.9. The molecule has 0 saturated carbocycles. The monoisotopic (exact) mass is 420 g/mol. The standard InChI is InChI=1S/C24H24N2O5/c1-15(2)24(4,14-25)26-21(27)13-29-18-10-11-19-20(12-18)30-16(3)23(22(19)28)31-17-8-6-5-7-9-17/h5-12,15H,13H2,1-4H3,(H,26,27)/t24-/m1/s1. The Labute approximate surface area is 180 Å². The highest BCUT2D eigenvalue weighted by molar-refractivity contribution is 5.81. The second-order valence-electron chi connectivity index (χ2n) is 7.70. The van der Waals surface area contributed by atoms with Crippen LogP contribution in [-0.2, 0) is 4.79 Å². The van der Waals surface area contributed by atoms with E-state index in [4.69, 9.17) is 13.9 Å². The van der Waals surface area contributed by atoms with Crippen molar-refractivity contribution in [2.75, 3.05) is 6.61 Å². The van der Waals surface area contributed by atoms with Gasteiger partial charge in [0.1, 0.15) is 28.4 Å². The second-order valence-corrected chi connectivity index (χ2v) is 7.70. The molecule has 0 bridgehead atoms. The minimum Gasteiger partial charge on any atom is -0.484 e. The van der Waals surface area contributed by atoms with E-state index in [9.17, 15) is 14.9 Å². The van der Waals surface area contributed by atoms with Crippen LogP contribution in [-0.4, -0.2) is 18.1 Å². The Kier molecular flexibility index (Phi) is 6.30. The predicted octanol–water partition coefficient (Wildman–Crippen LogP) is 4.33. The Hall–Kier alpha value is -3.79. The lowest BCUT2D eigenvalue weighted by atomic mass is 9.90. The summed E-state index contributed by atoms with van der Waals surface area (Å²) >= 11 is 0. The summed E-state index contributed by atoms with van der Waals surface area (Å²) in [6.45, 7) is 6.75. The molecule has 1 N–H and O–H groups in total. The summed E-state index contributed by atoms with van der Waals surface area (Å²) in [5, 5.41) is 12.3. The minimum atomic E-state index is -0.983. The van der Waals surface area contributed by atoms with Gasteiger partial charge in [-0.1, -0.05) is 32.0 Å². The van der Waals surface area contributed by atoms with Crippen LogP contribution in [0.2, 0.25) is 0 Å². The van der Waals surface area contributed by atoms with Crippen molar-refractivity contribution in [3.63, 3.8) is 0 Å². The molecule has 31 heavy (non-hydrogen) atoms. The number of rotatable bonds is 7. The smallest absolute Gasteiger partial charge is 0.259 e. The molecular weight excluding hydrogens is 396 g/mol. The molecule has 1 atom stereocenters. The molecule has 0 aliphatic rings. The van der Waals surface area contributed by atoms with E-state index in [0.29, 0.717) is 28.2 Å². The highest BCUT2D eigenvalue weighted by atomic mass is 16.5. The van der Waals surface area contributed by atoms with Gasteiger partial charge in [0.25, 0.3) is 5.91 Å². The van der Waals surface area contributed by atoms with E-state index >= 15 is 0 Å². The summed E-state index contributed by atoms with van der Waals surface area (Å²) in [6, 6.07) is 15.8. The molecule has 1 heterocycles. The number of hydrogen-bond donors (Lipinski definition) is 1. The number of nitrogens with one attached hydrogen (secondary N) is 1. The fourth-order valence-electron chi connectivity index (χ4n) is 2.86. The van der Waals surface area contributed by atoms with Crippen LogP contribution in [0.25, 0.3) is 11.0 Å². The normalized spacial score (nSPS) is 12.8. The van der Waals surface area contributed by atoms with Crippen LogP contribution in [0.1, 0.15) is 26.5 Å². The van der Waals surface area contributed by atoms with Gasteiger partial charge in [0.05, 0.1) is 11.5 Å². The third-order valence-electron chi connectivity index (χ3n) is 5.11. The summed E-state index contributed by atoms with van der Waals surface area (Å²) in [4.78, 5) is 25.1. The molecule has 0 spiro atoms. The summed E-state index contributed by atoms with van der Waals surface area (Å²) in [5.41, 5.74) is -0.957. The van der Waals surface area contributed by atoms with Gasteiger partial charge >= 0.3 is 0 Å². The van der Waals surface area contributed by atoms with Crippen molar-refractivity contribution < 1.29 is 18.7 Å². The topological polar surface area (TPSA) is 102 Å². The van der Waals surface area contributed by atoms with Crippen LogP contribution in [0.3, 0.4) is 0 Å². The van der Waals surface area contributed by atoms with Crippen LogP contribution in [0.15, 0.2) is 57.7 Å². The fourth-order valence-corrected chi connectivity index (χ4v) is 2.86. The van der Waals surface area contributed by atoms with Gasteiger partial charge in [-0.05, 0) is 44.0 Å². The van der Waals surface area contributed by atoms with Crippen molar-refractivity contribution in [1.29, 1.82) is 5.26 Å². The lowest BCUT2D eigenvalue weighted by molar-refractivity contribution is -0.124.